The molecule has 0 radical (unpaired) electrons. The normalized spacial score (nSPS) is 16.9. The van der Waals surface area contributed by atoms with E-state index < -0.39 is 0 Å². The molecular weight excluding hydrogens is 226 g/mol. The van der Waals surface area contributed by atoms with Crippen LogP contribution in [0.1, 0.15) is 43.7 Å². The number of nitrogens with zero attached hydrogens (tertiary/aromatic N) is 2. The van der Waals surface area contributed by atoms with E-state index in [2.05, 4.69) is 10.1 Å². The molecule has 1 N–H and O–H groups in total. The highest BCUT2D eigenvalue weighted by Gasteiger charge is 2.18. The summed E-state index contributed by atoms with van der Waals surface area (Å²) in [6, 6.07) is 7.29. The predicted molar refractivity (Wildman–Crippen MR) is 70.0 cm³/mol. The smallest absolute Gasteiger partial charge is 0.272 e. The van der Waals surface area contributed by atoms with E-state index in [0.29, 0.717) is 11.7 Å². The maximum absolute atomic E-state index is 12.0. The van der Waals surface area contributed by atoms with Crippen molar-refractivity contribution in [1.82, 2.24) is 14.8 Å². The fourth-order valence-corrected chi connectivity index (χ4v) is 2.69. The lowest BCUT2D eigenvalue weighted by Gasteiger charge is -2.19. The van der Waals surface area contributed by atoms with Crippen molar-refractivity contribution in [1.29, 1.82) is 0 Å². The summed E-state index contributed by atoms with van der Waals surface area (Å²) >= 11 is 0. The first-order chi connectivity index (χ1) is 8.84. The van der Waals surface area contributed by atoms with E-state index >= 15 is 0 Å². The van der Waals surface area contributed by atoms with Gasteiger partial charge in [-0.2, -0.15) is 0 Å². The van der Waals surface area contributed by atoms with Gasteiger partial charge in [-0.05, 0) is 25.0 Å². The molecular formula is C14H17N3O. The van der Waals surface area contributed by atoms with Gasteiger partial charge in [0.15, 0.2) is 5.82 Å². The van der Waals surface area contributed by atoms with Crippen LogP contribution in [0.4, 0.5) is 0 Å². The molecule has 0 bridgehead atoms. The molecule has 0 aromatic carbocycles. The van der Waals surface area contributed by atoms with E-state index in [1.54, 1.807) is 12.3 Å². The van der Waals surface area contributed by atoms with Crippen LogP contribution in [0.25, 0.3) is 5.82 Å². The molecule has 3 rings (SSSR count). The Kier molecular flexibility index (Phi) is 3.00. The van der Waals surface area contributed by atoms with Crippen LogP contribution in [0.2, 0.25) is 0 Å². The number of nitrogens with one attached hydrogen (secondary N) is 1. The van der Waals surface area contributed by atoms with E-state index in [1.165, 1.54) is 36.8 Å². The van der Waals surface area contributed by atoms with Crippen LogP contribution >= 0.6 is 0 Å². The third-order valence-electron chi connectivity index (χ3n) is 3.66. The van der Waals surface area contributed by atoms with Crippen molar-refractivity contribution in [3.05, 3.63) is 46.5 Å². The Morgan fingerprint density at radius 1 is 1.22 bits per heavy atom. The van der Waals surface area contributed by atoms with Gasteiger partial charge in [-0.1, -0.05) is 25.3 Å². The van der Waals surface area contributed by atoms with Crippen molar-refractivity contribution in [3.8, 4) is 5.82 Å². The molecule has 0 spiro atoms. The molecule has 1 saturated carbocycles. The third kappa shape index (κ3) is 2.10. The Hall–Kier alpha value is -1.84. The summed E-state index contributed by atoms with van der Waals surface area (Å²) in [5.74, 6) is 1.17. The van der Waals surface area contributed by atoms with Gasteiger partial charge in [0.05, 0.1) is 0 Å². The topological polar surface area (TPSA) is 50.7 Å². The first-order valence-corrected chi connectivity index (χ1v) is 6.58. The van der Waals surface area contributed by atoms with Crippen LogP contribution < -0.4 is 5.56 Å². The zero-order valence-electron chi connectivity index (χ0n) is 10.3. The van der Waals surface area contributed by atoms with Crippen LogP contribution in [-0.4, -0.2) is 14.8 Å². The quantitative estimate of drug-likeness (QED) is 0.881. The third-order valence-corrected chi connectivity index (χ3v) is 3.66. The SMILES string of the molecule is O=c1cc(C2CCCCC2)[nH]n1-c1ccccn1. The Labute approximate surface area is 106 Å². The van der Waals surface area contributed by atoms with Gasteiger partial charge in [0.1, 0.15) is 0 Å². The standard InChI is InChI=1S/C14H17N3O/c18-14-10-12(11-6-2-1-3-7-11)16-17(14)13-8-4-5-9-15-13/h4-5,8-11,16H,1-3,6-7H2. The van der Waals surface area contributed by atoms with Crippen molar-refractivity contribution >= 4 is 0 Å². The van der Waals surface area contributed by atoms with Gasteiger partial charge >= 0.3 is 0 Å². The molecule has 4 nitrogen and oxygen atoms in total. The van der Waals surface area contributed by atoms with E-state index in [-0.39, 0.29) is 5.56 Å². The minimum atomic E-state index is -0.0192. The minimum Gasteiger partial charge on any atom is -0.293 e. The molecule has 0 saturated heterocycles. The van der Waals surface area contributed by atoms with Gasteiger partial charge in [-0.3, -0.25) is 9.89 Å². The van der Waals surface area contributed by atoms with Crippen molar-refractivity contribution < 1.29 is 0 Å². The maximum atomic E-state index is 12.0. The molecule has 4 heteroatoms. The predicted octanol–water partition coefficient (Wildman–Crippen LogP) is 2.61. The summed E-state index contributed by atoms with van der Waals surface area (Å²) in [7, 11) is 0. The zero-order valence-corrected chi connectivity index (χ0v) is 10.3. The molecule has 18 heavy (non-hydrogen) atoms. The Balaban J connectivity index is 1.93. The monoisotopic (exact) mass is 243 g/mol. The Bertz CT molecular complexity index is 564. The molecule has 2 heterocycles. The molecule has 0 unspecified atom stereocenters. The second-order valence-corrected chi connectivity index (χ2v) is 4.91. The van der Waals surface area contributed by atoms with Crippen LogP contribution in [0.5, 0.6) is 0 Å². The van der Waals surface area contributed by atoms with Gasteiger partial charge in [0, 0.05) is 23.9 Å². The van der Waals surface area contributed by atoms with Gasteiger partial charge in [0.2, 0.25) is 0 Å². The number of aromatic nitrogens is 3. The van der Waals surface area contributed by atoms with Crippen LogP contribution in [0.15, 0.2) is 35.3 Å². The number of hydrogen-bond donors (Lipinski definition) is 1. The van der Waals surface area contributed by atoms with E-state index in [4.69, 9.17) is 0 Å². The average Bonchev–Trinajstić information content (AvgIpc) is 2.83. The molecule has 1 fully saturated rings. The average molecular weight is 243 g/mol. The van der Waals surface area contributed by atoms with E-state index in [0.717, 1.165) is 5.69 Å². The van der Waals surface area contributed by atoms with Crippen molar-refractivity contribution in [2.24, 2.45) is 0 Å². The summed E-state index contributed by atoms with van der Waals surface area (Å²) in [6.07, 6.45) is 7.91. The lowest BCUT2D eigenvalue weighted by atomic mass is 9.87. The minimum absolute atomic E-state index is 0.0192. The summed E-state index contributed by atoms with van der Waals surface area (Å²) < 4.78 is 1.53. The second kappa shape index (κ2) is 4.80. The summed E-state index contributed by atoms with van der Waals surface area (Å²) in [5.41, 5.74) is 1.04. The Morgan fingerprint density at radius 2 is 2.06 bits per heavy atom. The number of pyridine rings is 1. The lowest BCUT2D eigenvalue weighted by molar-refractivity contribution is 0.435. The van der Waals surface area contributed by atoms with Crippen molar-refractivity contribution in [2.75, 3.05) is 0 Å². The van der Waals surface area contributed by atoms with Crippen molar-refractivity contribution in [2.45, 2.75) is 38.0 Å². The highest BCUT2D eigenvalue weighted by molar-refractivity contribution is 5.22. The van der Waals surface area contributed by atoms with Gasteiger partial charge in [0.25, 0.3) is 5.56 Å². The fraction of sp³-hybridized carbons (Fsp3) is 0.429. The van der Waals surface area contributed by atoms with Crippen molar-refractivity contribution in [3.63, 3.8) is 0 Å². The summed E-state index contributed by atoms with van der Waals surface area (Å²) in [4.78, 5) is 16.2. The molecule has 1 aliphatic rings. The van der Waals surface area contributed by atoms with Gasteiger partial charge in [-0.25, -0.2) is 9.67 Å². The molecule has 2 aromatic heterocycles. The zero-order chi connectivity index (χ0) is 12.4. The first kappa shape index (κ1) is 11.3. The molecule has 0 amide bonds. The fourth-order valence-electron chi connectivity index (χ4n) is 2.69. The lowest BCUT2D eigenvalue weighted by Crippen LogP contribution is -2.14. The van der Waals surface area contributed by atoms with Crippen LogP contribution in [0, 0.1) is 0 Å². The van der Waals surface area contributed by atoms with Gasteiger partial charge < -0.3 is 0 Å². The summed E-state index contributed by atoms with van der Waals surface area (Å²) in [5, 5.41) is 3.21. The summed E-state index contributed by atoms with van der Waals surface area (Å²) in [6.45, 7) is 0. The molecule has 94 valence electrons. The number of hydrogen-bond acceptors (Lipinski definition) is 2. The largest absolute Gasteiger partial charge is 0.293 e. The van der Waals surface area contributed by atoms with Gasteiger partial charge in [-0.15, -0.1) is 0 Å². The highest BCUT2D eigenvalue weighted by atomic mass is 16.1. The second-order valence-electron chi connectivity index (χ2n) is 4.91. The number of rotatable bonds is 2. The number of H-pyrrole nitrogens is 1. The number of aromatic amines is 1. The Morgan fingerprint density at radius 3 is 2.78 bits per heavy atom. The highest BCUT2D eigenvalue weighted by Crippen LogP contribution is 2.30. The molecule has 2 aromatic rings. The van der Waals surface area contributed by atoms with E-state index in [1.807, 2.05) is 18.2 Å². The molecule has 0 aliphatic heterocycles. The van der Waals surface area contributed by atoms with Crippen LogP contribution in [0.3, 0.4) is 0 Å². The first-order valence-electron chi connectivity index (χ1n) is 6.58. The maximum Gasteiger partial charge on any atom is 0.272 e. The molecule has 1 aliphatic carbocycles. The van der Waals surface area contributed by atoms with E-state index in [9.17, 15) is 4.79 Å². The van der Waals surface area contributed by atoms with Crippen LogP contribution in [-0.2, 0) is 0 Å². The molecule has 0 atom stereocenters.